The average molecular weight is 378 g/mol. The number of hydrogen-bond acceptors (Lipinski definition) is 5. The molecular weight excluding hydrogens is 352 g/mol. The predicted octanol–water partition coefficient (Wildman–Crippen LogP) is 3.25. The number of piperidine rings is 1. The molecule has 146 valence electrons. The van der Waals surface area contributed by atoms with E-state index in [9.17, 15) is 4.79 Å². The molecule has 28 heavy (non-hydrogen) atoms. The molecule has 2 aromatic heterocycles. The van der Waals surface area contributed by atoms with Crippen molar-refractivity contribution >= 4 is 11.0 Å². The Kier molecular flexibility index (Phi) is 5.67. The lowest BCUT2D eigenvalue weighted by Gasteiger charge is -2.26. The van der Waals surface area contributed by atoms with E-state index in [1.54, 1.807) is 29.9 Å². The van der Waals surface area contributed by atoms with Gasteiger partial charge in [-0.3, -0.25) is 9.36 Å². The van der Waals surface area contributed by atoms with E-state index in [4.69, 9.17) is 4.74 Å². The highest BCUT2D eigenvalue weighted by Gasteiger charge is 2.11. The summed E-state index contributed by atoms with van der Waals surface area (Å²) in [6.45, 7) is 4.27. The number of hydrogen-bond donors (Lipinski definition) is 0. The van der Waals surface area contributed by atoms with Gasteiger partial charge in [0.1, 0.15) is 11.6 Å². The lowest BCUT2D eigenvalue weighted by molar-refractivity contribution is 0.205. The number of aromatic nitrogens is 3. The van der Waals surface area contributed by atoms with Crippen molar-refractivity contribution in [3.63, 3.8) is 0 Å². The third-order valence-electron chi connectivity index (χ3n) is 5.30. The van der Waals surface area contributed by atoms with E-state index in [1.165, 1.54) is 32.4 Å². The van der Waals surface area contributed by atoms with Crippen LogP contribution in [0, 0.1) is 0 Å². The minimum Gasteiger partial charge on any atom is -0.494 e. The summed E-state index contributed by atoms with van der Waals surface area (Å²) in [5, 5.41) is 0.530. The van der Waals surface area contributed by atoms with Gasteiger partial charge in [0, 0.05) is 25.4 Å². The standard InChI is InChI=1S/C22H26N4O2/c1-25-21(24-20-19(22(25)27)7-5-12-23-20)17-8-10-18(11-9-17)28-16-6-15-26-13-3-2-4-14-26/h5,7-12H,2-4,6,13-16H2,1H3. The van der Waals surface area contributed by atoms with Gasteiger partial charge in [0.15, 0.2) is 5.65 Å². The van der Waals surface area contributed by atoms with Crippen molar-refractivity contribution in [2.45, 2.75) is 25.7 Å². The van der Waals surface area contributed by atoms with Gasteiger partial charge in [0.25, 0.3) is 5.56 Å². The molecule has 6 nitrogen and oxygen atoms in total. The SMILES string of the molecule is Cn1c(-c2ccc(OCCCN3CCCCC3)cc2)nc2ncccc2c1=O. The summed E-state index contributed by atoms with van der Waals surface area (Å²) in [6.07, 6.45) is 6.70. The van der Waals surface area contributed by atoms with Crippen LogP contribution >= 0.6 is 0 Å². The van der Waals surface area contributed by atoms with E-state index in [-0.39, 0.29) is 5.56 Å². The molecule has 0 saturated carbocycles. The predicted molar refractivity (Wildman–Crippen MR) is 111 cm³/mol. The first-order chi connectivity index (χ1) is 13.7. The van der Waals surface area contributed by atoms with Crippen molar-refractivity contribution < 1.29 is 4.74 Å². The molecular formula is C22H26N4O2. The maximum Gasteiger partial charge on any atom is 0.263 e. The third kappa shape index (κ3) is 4.07. The van der Waals surface area contributed by atoms with Gasteiger partial charge in [-0.2, -0.15) is 0 Å². The maximum atomic E-state index is 12.5. The molecule has 0 bridgehead atoms. The number of ether oxygens (including phenoxy) is 1. The molecule has 3 aromatic rings. The van der Waals surface area contributed by atoms with Crippen LogP contribution in [0.25, 0.3) is 22.4 Å². The van der Waals surface area contributed by atoms with Gasteiger partial charge in [-0.15, -0.1) is 0 Å². The van der Waals surface area contributed by atoms with Crippen LogP contribution in [0.15, 0.2) is 47.4 Å². The monoisotopic (exact) mass is 378 g/mol. The van der Waals surface area contributed by atoms with E-state index in [2.05, 4.69) is 14.9 Å². The Morgan fingerprint density at radius 1 is 1.07 bits per heavy atom. The van der Waals surface area contributed by atoms with Gasteiger partial charge in [0.2, 0.25) is 0 Å². The van der Waals surface area contributed by atoms with Crippen LogP contribution in [-0.2, 0) is 7.05 Å². The molecule has 6 heteroatoms. The molecule has 1 saturated heterocycles. The Bertz CT molecular complexity index is 992. The molecule has 1 fully saturated rings. The molecule has 0 amide bonds. The van der Waals surface area contributed by atoms with Crippen LogP contribution in [0.1, 0.15) is 25.7 Å². The molecule has 1 aromatic carbocycles. The first kappa shape index (κ1) is 18.6. The zero-order valence-corrected chi connectivity index (χ0v) is 16.3. The maximum absolute atomic E-state index is 12.5. The summed E-state index contributed by atoms with van der Waals surface area (Å²) in [7, 11) is 1.74. The van der Waals surface area contributed by atoms with Gasteiger partial charge >= 0.3 is 0 Å². The zero-order valence-electron chi connectivity index (χ0n) is 16.3. The fourth-order valence-corrected chi connectivity index (χ4v) is 3.72. The van der Waals surface area contributed by atoms with E-state index < -0.39 is 0 Å². The Hall–Kier alpha value is -2.73. The third-order valence-corrected chi connectivity index (χ3v) is 5.30. The number of rotatable bonds is 6. The minimum absolute atomic E-state index is 0.0915. The number of pyridine rings is 1. The average Bonchev–Trinajstić information content (AvgIpc) is 2.75. The highest BCUT2D eigenvalue weighted by Crippen LogP contribution is 2.21. The van der Waals surface area contributed by atoms with Crippen molar-refractivity contribution in [1.82, 2.24) is 19.4 Å². The minimum atomic E-state index is -0.0915. The van der Waals surface area contributed by atoms with Crippen molar-refractivity contribution in [1.29, 1.82) is 0 Å². The lowest BCUT2D eigenvalue weighted by Crippen LogP contribution is -2.31. The van der Waals surface area contributed by atoms with Crippen LogP contribution in [0.2, 0.25) is 0 Å². The summed E-state index contributed by atoms with van der Waals surface area (Å²) in [5.41, 5.74) is 1.25. The number of fused-ring (bicyclic) bond motifs is 1. The molecule has 0 atom stereocenters. The topological polar surface area (TPSA) is 60.2 Å². The largest absolute Gasteiger partial charge is 0.494 e. The second-order valence-electron chi connectivity index (χ2n) is 7.30. The van der Waals surface area contributed by atoms with Crippen LogP contribution in [0.5, 0.6) is 5.75 Å². The van der Waals surface area contributed by atoms with Crippen molar-refractivity contribution in [3.8, 4) is 17.1 Å². The first-order valence-electron chi connectivity index (χ1n) is 10.00. The highest BCUT2D eigenvalue weighted by atomic mass is 16.5. The Morgan fingerprint density at radius 2 is 1.86 bits per heavy atom. The number of likely N-dealkylation sites (tertiary alicyclic amines) is 1. The quantitative estimate of drug-likeness (QED) is 0.616. The molecule has 0 unspecified atom stereocenters. The van der Waals surface area contributed by atoms with E-state index in [1.807, 2.05) is 24.3 Å². The van der Waals surface area contributed by atoms with Crippen molar-refractivity contribution in [2.75, 3.05) is 26.2 Å². The molecule has 0 N–H and O–H groups in total. The van der Waals surface area contributed by atoms with Crippen LogP contribution in [-0.4, -0.2) is 45.7 Å². The second kappa shape index (κ2) is 8.52. The molecule has 0 spiro atoms. The lowest BCUT2D eigenvalue weighted by atomic mass is 10.1. The highest BCUT2D eigenvalue weighted by molar-refractivity contribution is 5.75. The number of benzene rings is 1. The summed E-state index contributed by atoms with van der Waals surface area (Å²) < 4.78 is 7.45. The van der Waals surface area contributed by atoms with E-state index in [0.717, 1.165) is 24.3 Å². The van der Waals surface area contributed by atoms with Gasteiger partial charge < -0.3 is 9.64 Å². The second-order valence-corrected chi connectivity index (χ2v) is 7.30. The van der Waals surface area contributed by atoms with Crippen LogP contribution < -0.4 is 10.3 Å². The Morgan fingerprint density at radius 3 is 2.64 bits per heavy atom. The van der Waals surface area contributed by atoms with Gasteiger partial charge in [-0.1, -0.05) is 6.42 Å². The molecule has 1 aliphatic heterocycles. The molecule has 3 heterocycles. The molecule has 4 rings (SSSR count). The summed E-state index contributed by atoms with van der Waals surface area (Å²) in [4.78, 5) is 23.9. The van der Waals surface area contributed by atoms with Crippen LogP contribution in [0.3, 0.4) is 0 Å². The summed E-state index contributed by atoms with van der Waals surface area (Å²) in [5.74, 6) is 1.44. The normalized spacial score (nSPS) is 15.0. The molecule has 0 radical (unpaired) electrons. The summed E-state index contributed by atoms with van der Waals surface area (Å²) in [6, 6.07) is 11.3. The Balaban J connectivity index is 1.41. The fourth-order valence-electron chi connectivity index (χ4n) is 3.72. The zero-order chi connectivity index (χ0) is 19.3. The first-order valence-corrected chi connectivity index (χ1v) is 10.00. The summed E-state index contributed by atoms with van der Waals surface area (Å²) >= 11 is 0. The smallest absolute Gasteiger partial charge is 0.263 e. The van der Waals surface area contributed by atoms with E-state index in [0.29, 0.717) is 23.5 Å². The number of nitrogens with zero attached hydrogens (tertiary/aromatic N) is 4. The van der Waals surface area contributed by atoms with Crippen molar-refractivity contribution in [3.05, 3.63) is 52.9 Å². The van der Waals surface area contributed by atoms with Gasteiger partial charge in [-0.25, -0.2) is 9.97 Å². The van der Waals surface area contributed by atoms with Crippen LogP contribution in [0.4, 0.5) is 0 Å². The molecule has 1 aliphatic rings. The van der Waals surface area contributed by atoms with Gasteiger partial charge in [0.05, 0.1) is 12.0 Å². The Labute approximate surface area is 164 Å². The van der Waals surface area contributed by atoms with Crippen molar-refractivity contribution in [2.24, 2.45) is 7.05 Å². The van der Waals surface area contributed by atoms with Gasteiger partial charge in [-0.05, 0) is 68.8 Å². The van der Waals surface area contributed by atoms with E-state index >= 15 is 0 Å². The fraction of sp³-hybridized carbons (Fsp3) is 0.409. The molecule has 0 aliphatic carbocycles.